The summed E-state index contributed by atoms with van der Waals surface area (Å²) in [4.78, 5) is 17.1. The second-order valence-corrected chi connectivity index (χ2v) is 13.3. The van der Waals surface area contributed by atoms with Crippen LogP contribution in [0, 0.1) is 0 Å². The molecule has 1 N–H and O–H groups in total. The van der Waals surface area contributed by atoms with Crippen molar-refractivity contribution < 1.29 is 24.1 Å². The largest absolute Gasteiger partial charge is 0.507 e. The molecule has 2 aromatic carbocycles. The number of carbonyl (C=O) groups is 1. The number of hydrogen-bond donors (Lipinski definition) is 1. The third-order valence-corrected chi connectivity index (χ3v) is 8.28. The minimum atomic E-state index is -0.205. The van der Waals surface area contributed by atoms with Crippen molar-refractivity contribution in [2.24, 2.45) is 0 Å². The number of benzene rings is 2. The number of amides is 1. The molecule has 2 heterocycles. The van der Waals surface area contributed by atoms with Crippen molar-refractivity contribution in [3.05, 3.63) is 47.0 Å². The molecule has 1 atom stereocenters. The molecule has 0 saturated carbocycles. The van der Waals surface area contributed by atoms with Gasteiger partial charge in [0.25, 0.3) is 0 Å². The number of aromatic hydroxyl groups is 1. The number of carbonyl (C=O) groups excluding carboxylic acids is 1. The van der Waals surface area contributed by atoms with Crippen molar-refractivity contribution in [1.29, 1.82) is 0 Å². The van der Waals surface area contributed by atoms with Crippen molar-refractivity contribution in [2.45, 2.75) is 64.2 Å². The third kappa shape index (κ3) is 6.52. The van der Waals surface area contributed by atoms with Gasteiger partial charge < -0.3 is 29.1 Å². The van der Waals surface area contributed by atoms with Gasteiger partial charge in [0.15, 0.2) is 11.5 Å². The average Bonchev–Trinajstić information content (AvgIpc) is 3.44. The van der Waals surface area contributed by atoms with Crippen LogP contribution in [-0.4, -0.2) is 66.6 Å². The third-order valence-electron chi connectivity index (χ3n) is 7.03. The van der Waals surface area contributed by atoms with Gasteiger partial charge in [-0.05, 0) is 71.8 Å². The topological polar surface area (TPSA) is 71.5 Å². The second kappa shape index (κ2) is 11.3. The summed E-state index contributed by atoms with van der Waals surface area (Å²) in [5, 5.41) is 11.1. The van der Waals surface area contributed by atoms with E-state index in [0.29, 0.717) is 24.7 Å². The molecule has 7 nitrogen and oxygen atoms in total. The Labute approximate surface area is 231 Å². The van der Waals surface area contributed by atoms with E-state index in [9.17, 15) is 9.90 Å². The van der Waals surface area contributed by atoms with E-state index in [2.05, 4.69) is 65.6 Å². The van der Waals surface area contributed by atoms with E-state index < -0.39 is 0 Å². The Morgan fingerprint density at radius 3 is 2.34 bits per heavy atom. The maximum atomic E-state index is 12.9. The van der Waals surface area contributed by atoms with Crippen LogP contribution in [0.1, 0.15) is 70.0 Å². The van der Waals surface area contributed by atoms with Crippen molar-refractivity contribution >= 4 is 17.7 Å². The van der Waals surface area contributed by atoms with E-state index in [1.807, 2.05) is 23.1 Å². The first-order valence-electron chi connectivity index (χ1n) is 13.3. The zero-order chi connectivity index (χ0) is 27.7. The van der Waals surface area contributed by atoms with Crippen LogP contribution in [-0.2, 0) is 15.6 Å². The van der Waals surface area contributed by atoms with E-state index >= 15 is 0 Å². The van der Waals surface area contributed by atoms with Crippen LogP contribution in [0.25, 0.3) is 0 Å². The molecule has 0 unspecified atom stereocenters. The van der Waals surface area contributed by atoms with Gasteiger partial charge >= 0.3 is 0 Å². The second-order valence-electron chi connectivity index (χ2n) is 12.2. The number of phenolic OH excluding ortho intramolecular Hbond substituents is 1. The molecule has 1 fully saturated rings. The molecule has 208 valence electrons. The molecule has 0 radical (unpaired) electrons. The zero-order valence-corrected chi connectivity index (χ0v) is 24.6. The summed E-state index contributed by atoms with van der Waals surface area (Å²) < 4.78 is 16.7. The Balaban J connectivity index is 1.35. The van der Waals surface area contributed by atoms with Gasteiger partial charge in [0.2, 0.25) is 12.7 Å². The van der Waals surface area contributed by atoms with Gasteiger partial charge in [-0.25, -0.2) is 0 Å². The first kappa shape index (κ1) is 28.4. The summed E-state index contributed by atoms with van der Waals surface area (Å²) in [5.41, 5.74) is 2.55. The van der Waals surface area contributed by atoms with Crippen LogP contribution in [0.15, 0.2) is 30.3 Å². The predicted octanol–water partition coefficient (Wildman–Crippen LogP) is 5.69. The van der Waals surface area contributed by atoms with Crippen LogP contribution in [0.2, 0.25) is 0 Å². The Bertz CT molecular complexity index is 1120. The van der Waals surface area contributed by atoms with Gasteiger partial charge in [-0.15, -0.1) is 11.8 Å². The van der Waals surface area contributed by atoms with Crippen LogP contribution in [0.3, 0.4) is 0 Å². The van der Waals surface area contributed by atoms with Crippen LogP contribution in [0.4, 0.5) is 0 Å². The number of likely N-dealkylation sites (N-methyl/N-ethyl adjacent to an activating group) is 1. The number of phenols is 1. The molecule has 4 rings (SSSR count). The number of rotatable bonds is 9. The summed E-state index contributed by atoms with van der Waals surface area (Å²) >= 11 is 1.68. The standard InChI is InChI=1S/C30H42N2O5S/c1-29(2,3)22-15-20(16-23(27(22)34)30(4,5)6)28-32(26(33)18-38-28)12-8-11-31(7)13-14-35-21-9-10-24-25(17-21)37-19-36-24/h9-10,15-17,28,34H,8,11-14,18-19H2,1-7H3/t28-/m1/s1. The molecule has 0 spiro atoms. The fourth-order valence-electron chi connectivity index (χ4n) is 4.82. The molecule has 2 aliphatic heterocycles. The number of thioether (sulfide) groups is 1. The molecule has 0 aromatic heterocycles. The maximum Gasteiger partial charge on any atom is 0.233 e. The molecule has 1 saturated heterocycles. The highest BCUT2D eigenvalue weighted by Gasteiger charge is 2.35. The van der Waals surface area contributed by atoms with Gasteiger partial charge in [-0.3, -0.25) is 4.79 Å². The van der Waals surface area contributed by atoms with E-state index in [1.165, 1.54) is 0 Å². The highest BCUT2D eigenvalue weighted by molar-refractivity contribution is 8.00. The minimum absolute atomic E-state index is 0.0371. The lowest BCUT2D eigenvalue weighted by Crippen LogP contribution is -2.33. The number of fused-ring (bicyclic) bond motifs is 1. The lowest BCUT2D eigenvalue weighted by atomic mass is 9.78. The van der Waals surface area contributed by atoms with Crippen molar-refractivity contribution in [2.75, 3.05) is 45.8 Å². The monoisotopic (exact) mass is 542 g/mol. The predicted molar refractivity (Wildman–Crippen MR) is 153 cm³/mol. The zero-order valence-electron chi connectivity index (χ0n) is 23.8. The van der Waals surface area contributed by atoms with Crippen molar-refractivity contribution in [3.63, 3.8) is 0 Å². The summed E-state index contributed by atoms with van der Waals surface area (Å²) in [6, 6.07) is 9.83. The minimum Gasteiger partial charge on any atom is -0.507 e. The van der Waals surface area contributed by atoms with E-state index in [0.717, 1.165) is 53.4 Å². The Morgan fingerprint density at radius 1 is 1.03 bits per heavy atom. The normalized spacial score (nSPS) is 17.5. The molecular formula is C30H42N2O5S. The number of ether oxygens (including phenoxy) is 3. The quantitative estimate of drug-likeness (QED) is 0.436. The first-order chi connectivity index (χ1) is 17.8. The Hall–Kier alpha value is -2.58. The Kier molecular flexibility index (Phi) is 8.43. The highest BCUT2D eigenvalue weighted by Crippen LogP contribution is 2.45. The summed E-state index contributed by atoms with van der Waals surface area (Å²) in [7, 11) is 2.08. The van der Waals surface area contributed by atoms with Crippen LogP contribution in [0.5, 0.6) is 23.0 Å². The van der Waals surface area contributed by atoms with E-state index in [4.69, 9.17) is 14.2 Å². The SMILES string of the molecule is CN(CCCN1C(=O)CS[C@@H]1c1cc(C(C)(C)C)c(O)c(C(C)(C)C)c1)CCOc1ccc2c(c1)OCO2. The van der Waals surface area contributed by atoms with E-state index in [-0.39, 0.29) is 28.9 Å². The lowest BCUT2D eigenvalue weighted by Gasteiger charge is -2.31. The van der Waals surface area contributed by atoms with Gasteiger partial charge in [-0.1, -0.05) is 41.5 Å². The first-order valence-corrected chi connectivity index (χ1v) is 14.4. The van der Waals surface area contributed by atoms with Gasteiger partial charge in [0.05, 0.1) is 5.75 Å². The van der Waals surface area contributed by atoms with Gasteiger partial charge in [0, 0.05) is 19.2 Å². The molecule has 1 amide bonds. The molecule has 2 aliphatic rings. The van der Waals surface area contributed by atoms with Gasteiger partial charge in [-0.2, -0.15) is 0 Å². The number of nitrogens with zero attached hydrogens (tertiary/aromatic N) is 2. The number of hydrogen-bond acceptors (Lipinski definition) is 7. The summed E-state index contributed by atoms with van der Waals surface area (Å²) in [5.74, 6) is 3.27. The summed E-state index contributed by atoms with van der Waals surface area (Å²) in [6.45, 7) is 15.9. The smallest absolute Gasteiger partial charge is 0.233 e. The molecule has 8 heteroatoms. The fraction of sp³-hybridized carbons (Fsp3) is 0.567. The summed E-state index contributed by atoms with van der Waals surface area (Å²) in [6.07, 6.45) is 0.875. The van der Waals surface area contributed by atoms with Crippen molar-refractivity contribution in [3.8, 4) is 23.0 Å². The Morgan fingerprint density at radius 2 is 1.68 bits per heavy atom. The molecular weight excluding hydrogens is 500 g/mol. The molecule has 0 aliphatic carbocycles. The van der Waals surface area contributed by atoms with Crippen LogP contribution < -0.4 is 14.2 Å². The van der Waals surface area contributed by atoms with Crippen LogP contribution >= 0.6 is 11.8 Å². The van der Waals surface area contributed by atoms with E-state index in [1.54, 1.807) is 11.8 Å². The molecule has 0 bridgehead atoms. The fourth-order valence-corrected chi connectivity index (χ4v) is 6.02. The molecule has 2 aromatic rings. The molecule has 38 heavy (non-hydrogen) atoms. The maximum absolute atomic E-state index is 12.9. The van der Waals surface area contributed by atoms with Gasteiger partial charge in [0.1, 0.15) is 23.5 Å². The lowest BCUT2D eigenvalue weighted by molar-refractivity contribution is -0.128. The highest BCUT2D eigenvalue weighted by atomic mass is 32.2. The van der Waals surface area contributed by atoms with Crippen molar-refractivity contribution in [1.82, 2.24) is 9.80 Å². The average molecular weight is 543 g/mol.